The van der Waals surface area contributed by atoms with Crippen molar-refractivity contribution in [1.29, 1.82) is 0 Å². The first kappa shape index (κ1) is 17.5. The monoisotopic (exact) mass is 259 g/mol. The molecule has 1 atom stereocenters. The van der Waals surface area contributed by atoms with E-state index in [0.717, 1.165) is 0 Å². The van der Waals surface area contributed by atoms with Crippen LogP contribution in [0, 0.1) is 0 Å². The van der Waals surface area contributed by atoms with Crippen LogP contribution in [0.2, 0.25) is 0 Å². The van der Waals surface area contributed by atoms with Gasteiger partial charge in [-0.3, -0.25) is 0 Å². The molecule has 0 saturated heterocycles. The van der Waals surface area contributed by atoms with E-state index >= 15 is 0 Å². The normalized spacial score (nSPS) is 14.1. The standard InChI is InChI=1S/C8H21N3O2S.ClH/c1-7(2)11(5)14(12,13)10-6-8(3)9-4;/h7-10H,6H2,1-5H3;1H. The summed E-state index contributed by atoms with van der Waals surface area (Å²) in [6, 6.07) is 0.0997. The van der Waals surface area contributed by atoms with Crippen LogP contribution < -0.4 is 10.0 Å². The first-order valence-corrected chi connectivity index (χ1v) is 6.15. The van der Waals surface area contributed by atoms with Crippen LogP contribution >= 0.6 is 12.4 Å². The molecule has 0 aliphatic heterocycles. The summed E-state index contributed by atoms with van der Waals surface area (Å²) in [5, 5.41) is 2.96. The molecule has 0 amide bonds. The maximum atomic E-state index is 11.6. The van der Waals surface area contributed by atoms with Gasteiger partial charge in [-0.15, -0.1) is 12.4 Å². The quantitative estimate of drug-likeness (QED) is 0.716. The molecular weight excluding hydrogens is 238 g/mol. The minimum atomic E-state index is -3.32. The second-order valence-electron chi connectivity index (χ2n) is 3.65. The fourth-order valence-corrected chi connectivity index (χ4v) is 1.93. The Bertz CT molecular complexity index is 257. The van der Waals surface area contributed by atoms with Crippen molar-refractivity contribution in [2.45, 2.75) is 32.9 Å². The van der Waals surface area contributed by atoms with Crippen LogP contribution in [0.15, 0.2) is 0 Å². The van der Waals surface area contributed by atoms with Crippen molar-refractivity contribution < 1.29 is 8.42 Å². The van der Waals surface area contributed by atoms with Gasteiger partial charge >= 0.3 is 0 Å². The summed E-state index contributed by atoms with van der Waals surface area (Å²) >= 11 is 0. The molecule has 0 radical (unpaired) electrons. The largest absolute Gasteiger partial charge is 0.316 e. The number of likely N-dealkylation sites (N-methyl/N-ethyl adjacent to an activating group) is 1. The van der Waals surface area contributed by atoms with Crippen molar-refractivity contribution in [3.63, 3.8) is 0 Å². The van der Waals surface area contributed by atoms with E-state index in [9.17, 15) is 8.42 Å². The molecule has 5 nitrogen and oxygen atoms in total. The molecule has 0 saturated carbocycles. The lowest BCUT2D eigenvalue weighted by Crippen LogP contribution is -2.45. The van der Waals surface area contributed by atoms with E-state index in [2.05, 4.69) is 10.0 Å². The van der Waals surface area contributed by atoms with E-state index < -0.39 is 10.2 Å². The van der Waals surface area contributed by atoms with Gasteiger partial charge in [0.05, 0.1) is 0 Å². The third-order valence-electron chi connectivity index (χ3n) is 2.17. The zero-order valence-electron chi connectivity index (χ0n) is 9.94. The van der Waals surface area contributed by atoms with Gasteiger partial charge in [0.15, 0.2) is 0 Å². The van der Waals surface area contributed by atoms with E-state index in [4.69, 9.17) is 0 Å². The highest BCUT2D eigenvalue weighted by molar-refractivity contribution is 7.87. The molecule has 0 heterocycles. The summed E-state index contributed by atoms with van der Waals surface area (Å²) in [5.74, 6) is 0. The Hall–Kier alpha value is 0.120. The third kappa shape index (κ3) is 6.32. The Kier molecular flexibility index (Phi) is 8.64. The number of rotatable bonds is 6. The van der Waals surface area contributed by atoms with Crippen LogP contribution in [0.4, 0.5) is 0 Å². The Morgan fingerprint density at radius 3 is 2.07 bits per heavy atom. The van der Waals surface area contributed by atoms with Crippen molar-refractivity contribution in [2.75, 3.05) is 20.6 Å². The summed E-state index contributed by atoms with van der Waals surface area (Å²) in [6.07, 6.45) is 0. The molecule has 0 aromatic rings. The van der Waals surface area contributed by atoms with E-state index in [0.29, 0.717) is 6.54 Å². The first-order chi connectivity index (χ1) is 6.31. The third-order valence-corrected chi connectivity index (χ3v) is 3.88. The summed E-state index contributed by atoms with van der Waals surface area (Å²) in [6.45, 7) is 5.98. The summed E-state index contributed by atoms with van der Waals surface area (Å²) < 4.78 is 27.0. The van der Waals surface area contributed by atoms with Gasteiger partial charge in [0.1, 0.15) is 0 Å². The minimum absolute atomic E-state index is 0. The number of nitrogens with zero attached hydrogens (tertiary/aromatic N) is 1. The molecule has 0 rings (SSSR count). The Morgan fingerprint density at radius 2 is 1.73 bits per heavy atom. The fraction of sp³-hybridized carbons (Fsp3) is 1.00. The van der Waals surface area contributed by atoms with E-state index in [1.807, 2.05) is 20.8 Å². The minimum Gasteiger partial charge on any atom is -0.316 e. The zero-order chi connectivity index (χ0) is 11.4. The van der Waals surface area contributed by atoms with E-state index in [1.165, 1.54) is 4.31 Å². The van der Waals surface area contributed by atoms with Gasteiger partial charge in [0, 0.05) is 25.7 Å². The average Bonchev–Trinajstić information content (AvgIpc) is 2.12. The van der Waals surface area contributed by atoms with Gasteiger partial charge in [-0.25, -0.2) is 4.72 Å². The molecule has 0 aliphatic carbocycles. The maximum absolute atomic E-state index is 11.6. The highest BCUT2D eigenvalue weighted by Gasteiger charge is 2.19. The molecule has 0 bridgehead atoms. The molecule has 0 aromatic heterocycles. The first-order valence-electron chi connectivity index (χ1n) is 4.71. The Balaban J connectivity index is 0. The van der Waals surface area contributed by atoms with Crippen molar-refractivity contribution >= 4 is 22.6 Å². The molecular formula is C8H22ClN3O2S. The van der Waals surface area contributed by atoms with E-state index in [-0.39, 0.29) is 24.5 Å². The van der Waals surface area contributed by atoms with Gasteiger partial charge in [-0.1, -0.05) is 0 Å². The van der Waals surface area contributed by atoms with Gasteiger partial charge in [0.25, 0.3) is 10.2 Å². The van der Waals surface area contributed by atoms with Crippen LogP contribution in [0.3, 0.4) is 0 Å². The maximum Gasteiger partial charge on any atom is 0.279 e. The molecule has 0 aliphatic rings. The molecule has 2 N–H and O–H groups in total. The van der Waals surface area contributed by atoms with Crippen LogP contribution in [-0.4, -0.2) is 45.4 Å². The Morgan fingerprint density at radius 1 is 1.27 bits per heavy atom. The molecule has 1 unspecified atom stereocenters. The van der Waals surface area contributed by atoms with Crippen LogP contribution in [0.5, 0.6) is 0 Å². The fourth-order valence-electron chi connectivity index (χ4n) is 0.712. The predicted octanol–water partition coefficient (Wildman–Crippen LogP) is 0.191. The average molecular weight is 260 g/mol. The van der Waals surface area contributed by atoms with Crippen LogP contribution in [0.25, 0.3) is 0 Å². The lowest BCUT2D eigenvalue weighted by Gasteiger charge is -2.22. The molecule has 0 spiro atoms. The highest BCUT2D eigenvalue weighted by Crippen LogP contribution is 2.00. The number of nitrogens with one attached hydrogen (secondary N) is 2. The number of hydrogen-bond donors (Lipinski definition) is 2. The number of halogens is 1. The van der Waals surface area contributed by atoms with Crippen LogP contribution in [0.1, 0.15) is 20.8 Å². The highest BCUT2D eigenvalue weighted by atomic mass is 35.5. The summed E-state index contributed by atoms with van der Waals surface area (Å²) in [4.78, 5) is 0. The molecule has 0 fully saturated rings. The van der Waals surface area contributed by atoms with Gasteiger partial charge in [0.2, 0.25) is 0 Å². The van der Waals surface area contributed by atoms with Crippen molar-refractivity contribution in [3.05, 3.63) is 0 Å². The van der Waals surface area contributed by atoms with E-state index in [1.54, 1.807) is 14.1 Å². The van der Waals surface area contributed by atoms with Gasteiger partial charge in [-0.2, -0.15) is 12.7 Å². The van der Waals surface area contributed by atoms with Crippen molar-refractivity contribution in [3.8, 4) is 0 Å². The smallest absolute Gasteiger partial charge is 0.279 e. The van der Waals surface area contributed by atoms with Gasteiger partial charge < -0.3 is 5.32 Å². The predicted molar refractivity (Wildman–Crippen MR) is 65.6 cm³/mol. The summed E-state index contributed by atoms with van der Waals surface area (Å²) in [7, 11) is 0.0419. The van der Waals surface area contributed by atoms with Crippen LogP contribution in [-0.2, 0) is 10.2 Å². The molecule has 94 valence electrons. The molecule has 0 aromatic carbocycles. The second kappa shape index (κ2) is 7.40. The van der Waals surface area contributed by atoms with Crippen molar-refractivity contribution in [2.24, 2.45) is 0 Å². The van der Waals surface area contributed by atoms with Gasteiger partial charge in [-0.05, 0) is 27.8 Å². The lowest BCUT2D eigenvalue weighted by atomic mass is 10.4. The molecule has 15 heavy (non-hydrogen) atoms. The second-order valence-corrected chi connectivity index (χ2v) is 5.47. The molecule has 7 heteroatoms. The number of hydrogen-bond acceptors (Lipinski definition) is 3. The zero-order valence-corrected chi connectivity index (χ0v) is 11.6. The summed E-state index contributed by atoms with van der Waals surface area (Å²) in [5.41, 5.74) is 0. The topological polar surface area (TPSA) is 61.4 Å². The van der Waals surface area contributed by atoms with Crippen molar-refractivity contribution in [1.82, 2.24) is 14.3 Å². The SMILES string of the molecule is CNC(C)CNS(=O)(=O)N(C)C(C)C.Cl. The Labute approximate surface area is 99.2 Å². The lowest BCUT2D eigenvalue weighted by molar-refractivity contribution is 0.400.